The number of nitrogens with zero attached hydrogens (tertiary/aromatic N) is 2. The van der Waals surface area contributed by atoms with Crippen LogP contribution in [0.4, 0.5) is 4.79 Å². The summed E-state index contributed by atoms with van der Waals surface area (Å²) in [5.74, 6) is -0.515. The molecule has 21 heavy (non-hydrogen) atoms. The average Bonchev–Trinajstić information content (AvgIpc) is 2.73. The van der Waals surface area contributed by atoms with Crippen molar-refractivity contribution in [2.45, 2.75) is 13.5 Å². The number of carbonyl (C=O) groups is 2. The fourth-order valence-electron chi connectivity index (χ4n) is 2.12. The normalized spacial score (nSPS) is 15.9. The Balaban J connectivity index is 2.00. The highest BCUT2D eigenvalue weighted by atomic mass is 32.2. The Labute approximate surface area is 124 Å². The van der Waals surface area contributed by atoms with Crippen LogP contribution in [-0.4, -0.2) is 54.8 Å². The third kappa shape index (κ3) is 3.81. The molecule has 3 amide bonds. The first kappa shape index (κ1) is 15.5. The molecule has 0 N–H and O–H groups in total. The maximum Gasteiger partial charge on any atom is 0.327 e. The van der Waals surface area contributed by atoms with Gasteiger partial charge in [0.25, 0.3) is 0 Å². The molecule has 0 bridgehead atoms. The quantitative estimate of drug-likeness (QED) is 0.731. The molecule has 1 heterocycles. The van der Waals surface area contributed by atoms with Crippen LogP contribution in [0.5, 0.6) is 0 Å². The van der Waals surface area contributed by atoms with E-state index in [1.54, 1.807) is 6.92 Å². The Hall–Kier alpha value is -1.89. The van der Waals surface area contributed by atoms with Crippen molar-refractivity contribution in [3.05, 3.63) is 35.9 Å². The van der Waals surface area contributed by atoms with E-state index in [1.165, 1.54) is 4.90 Å². The van der Waals surface area contributed by atoms with Gasteiger partial charge in [-0.1, -0.05) is 37.3 Å². The van der Waals surface area contributed by atoms with Gasteiger partial charge in [0.2, 0.25) is 5.91 Å². The van der Waals surface area contributed by atoms with Crippen LogP contribution in [0.2, 0.25) is 0 Å². The van der Waals surface area contributed by atoms with Gasteiger partial charge in [-0.2, -0.15) is 0 Å². The highest BCUT2D eigenvalue weighted by molar-refractivity contribution is 7.91. The predicted octanol–water partition coefficient (Wildman–Crippen LogP) is 0.886. The minimum Gasteiger partial charge on any atom is -0.311 e. The van der Waals surface area contributed by atoms with Crippen LogP contribution in [0.1, 0.15) is 12.5 Å². The van der Waals surface area contributed by atoms with Crippen LogP contribution in [0.3, 0.4) is 0 Å². The Kier molecular flexibility index (Phi) is 4.62. The molecule has 0 aliphatic carbocycles. The standard InChI is InChI=1S/C14H18N2O4S/c1-2-21(19,20)9-8-16-13(17)11-15(14(16)18)10-12-6-4-3-5-7-12/h3-7H,2,8-11H2,1H3. The van der Waals surface area contributed by atoms with Crippen molar-refractivity contribution in [2.75, 3.05) is 24.6 Å². The van der Waals surface area contributed by atoms with Crippen molar-refractivity contribution in [3.63, 3.8) is 0 Å². The molecule has 1 aliphatic heterocycles. The fourth-order valence-corrected chi connectivity index (χ4v) is 2.87. The summed E-state index contributed by atoms with van der Waals surface area (Å²) in [6.07, 6.45) is 0. The lowest BCUT2D eigenvalue weighted by atomic mass is 10.2. The Morgan fingerprint density at radius 1 is 1.14 bits per heavy atom. The molecule has 0 spiro atoms. The maximum absolute atomic E-state index is 12.2. The van der Waals surface area contributed by atoms with E-state index in [9.17, 15) is 18.0 Å². The first-order chi connectivity index (χ1) is 9.93. The van der Waals surface area contributed by atoms with Gasteiger partial charge in [0.05, 0.1) is 5.75 Å². The van der Waals surface area contributed by atoms with Crippen molar-refractivity contribution in [2.24, 2.45) is 0 Å². The minimum atomic E-state index is -3.19. The second kappa shape index (κ2) is 6.26. The molecule has 1 aromatic rings. The topological polar surface area (TPSA) is 74.8 Å². The van der Waals surface area contributed by atoms with Crippen LogP contribution < -0.4 is 0 Å². The lowest BCUT2D eigenvalue weighted by Crippen LogP contribution is -2.36. The van der Waals surface area contributed by atoms with Gasteiger partial charge in [-0.3, -0.25) is 9.69 Å². The van der Waals surface area contributed by atoms with E-state index in [0.717, 1.165) is 10.5 Å². The van der Waals surface area contributed by atoms with E-state index in [2.05, 4.69) is 0 Å². The monoisotopic (exact) mass is 310 g/mol. The van der Waals surface area contributed by atoms with Crippen molar-refractivity contribution in [3.8, 4) is 0 Å². The van der Waals surface area contributed by atoms with E-state index in [0.29, 0.717) is 6.54 Å². The second-order valence-electron chi connectivity index (χ2n) is 4.91. The first-order valence-corrected chi connectivity index (χ1v) is 8.58. The van der Waals surface area contributed by atoms with Crippen molar-refractivity contribution < 1.29 is 18.0 Å². The fraction of sp³-hybridized carbons (Fsp3) is 0.429. The molecule has 1 aromatic carbocycles. The van der Waals surface area contributed by atoms with Gasteiger partial charge in [0, 0.05) is 18.8 Å². The predicted molar refractivity (Wildman–Crippen MR) is 78.3 cm³/mol. The van der Waals surface area contributed by atoms with Gasteiger partial charge in [0.1, 0.15) is 6.54 Å². The number of rotatable bonds is 6. The number of hydrogen-bond donors (Lipinski definition) is 0. The summed E-state index contributed by atoms with van der Waals surface area (Å²) >= 11 is 0. The number of imide groups is 1. The van der Waals surface area contributed by atoms with E-state index in [1.807, 2.05) is 30.3 Å². The lowest BCUT2D eigenvalue weighted by molar-refractivity contribution is -0.125. The Morgan fingerprint density at radius 2 is 1.81 bits per heavy atom. The van der Waals surface area contributed by atoms with Crippen LogP contribution in [0.15, 0.2) is 30.3 Å². The van der Waals surface area contributed by atoms with Crippen LogP contribution in [0.25, 0.3) is 0 Å². The SMILES string of the molecule is CCS(=O)(=O)CCN1C(=O)CN(Cc2ccccc2)C1=O. The van der Waals surface area contributed by atoms with Crippen molar-refractivity contribution in [1.29, 1.82) is 0 Å². The van der Waals surface area contributed by atoms with E-state index in [-0.39, 0.29) is 30.5 Å². The van der Waals surface area contributed by atoms with E-state index < -0.39 is 15.9 Å². The van der Waals surface area contributed by atoms with Gasteiger partial charge in [-0.25, -0.2) is 13.2 Å². The summed E-state index contributed by atoms with van der Waals surface area (Å²) in [5, 5.41) is 0. The largest absolute Gasteiger partial charge is 0.327 e. The highest BCUT2D eigenvalue weighted by Crippen LogP contribution is 2.14. The van der Waals surface area contributed by atoms with Crippen LogP contribution >= 0.6 is 0 Å². The molecular weight excluding hydrogens is 292 g/mol. The van der Waals surface area contributed by atoms with Crippen molar-refractivity contribution in [1.82, 2.24) is 9.80 Å². The number of sulfone groups is 1. The summed E-state index contributed by atoms with van der Waals surface area (Å²) in [6, 6.07) is 8.94. The minimum absolute atomic E-state index is 0.0000990. The number of hydrogen-bond acceptors (Lipinski definition) is 4. The molecule has 7 heteroatoms. The molecule has 114 valence electrons. The number of amides is 3. The van der Waals surface area contributed by atoms with E-state index >= 15 is 0 Å². The molecule has 1 saturated heterocycles. The third-order valence-electron chi connectivity index (χ3n) is 3.41. The molecule has 1 fully saturated rings. The zero-order valence-electron chi connectivity index (χ0n) is 11.9. The van der Waals surface area contributed by atoms with Gasteiger partial charge >= 0.3 is 6.03 Å². The smallest absolute Gasteiger partial charge is 0.311 e. The zero-order valence-corrected chi connectivity index (χ0v) is 12.7. The third-order valence-corrected chi connectivity index (χ3v) is 5.09. The summed E-state index contributed by atoms with van der Waals surface area (Å²) in [5.41, 5.74) is 0.932. The molecule has 1 aliphatic rings. The maximum atomic E-state index is 12.2. The van der Waals surface area contributed by atoms with Crippen LogP contribution in [-0.2, 0) is 21.2 Å². The van der Waals surface area contributed by atoms with E-state index in [4.69, 9.17) is 0 Å². The molecule has 0 atom stereocenters. The lowest BCUT2D eigenvalue weighted by Gasteiger charge is -2.17. The molecular formula is C14H18N2O4S. The Morgan fingerprint density at radius 3 is 2.43 bits per heavy atom. The molecule has 2 rings (SSSR count). The summed E-state index contributed by atoms with van der Waals surface area (Å²) in [4.78, 5) is 26.5. The molecule has 0 unspecified atom stereocenters. The Bertz CT molecular complexity index is 628. The summed E-state index contributed by atoms with van der Waals surface area (Å²) in [7, 11) is -3.19. The molecule has 0 radical (unpaired) electrons. The summed E-state index contributed by atoms with van der Waals surface area (Å²) in [6.45, 7) is 1.83. The number of carbonyl (C=O) groups excluding carboxylic acids is 2. The summed E-state index contributed by atoms with van der Waals surface area (Å²) < 4.78 is 23.0. The van der Waals surface area contributed by atoms with Gasteiger partial charge < -0.3 is 4.90 Å². The molecule has 0 saturated carbocycles. The zero-order chi connectivity index (χ0) is 15.5. The molecule has 6 nitrogen and oxygen atoms in total. The van der Waals surface area contributed by atoms with Gasteiger partial charge in [-0.05, 0) is 5.56 Å². The average molecular weight is 310 g/mol. The number of urea groups is 1. The van der Waals surface area contributed by atoms with Crippen molar-refractivity contribution >= 4 is 21.8 Å². The van der Waals surface area contributed by atoms with Crippen LogP contribution in [0, 0.1) is 0 Å². The van der Waals surface area contributed by atoms with Gasteiger partial charge in [-0.15, -0.1) is 0 Å². The highest BCUT2D eigenvalue weighted by Gasteiger charge is 2.36. The molecule has 0 aromatic heterocycles. The first-order valence-electron chi connectivity index (χ1n) is 6.76. The second-order valence-corrected chi connectivity index (χ2v) is 7.38. The number of benzene rings is 1. The van der Waals surface area contributed by atoms with Gasteiger partial charge in [0.15, 0.2) is 9.84 Å².